The number of rotatable bonds is 4. The number of alkyl halides is 3. The molecule has 0 bridgehead atoms. The number of H-pyrrole nitrogens is 1. The third kappa shape index (κ3) is 4.03. The summed E-state index contributed by atoms with van der Waals surface area (Å²) in [5.41, 5.74) is -0.426. The second kappa shape index (κ2) is 6.92. The van der Waals surface area contributed by atoms with Gasteiger partial charge in [0.15, 0.2) is 0 Å². The highest BCUT2D eigenvalue weighted by Crippen LogP contribution is 2.31. The van der Waals surface area contributed by atoms with Gasteiger partial charge in [0, 0.05) is 34.6 Å². The van der Waals surface area contributed by atoms with E-state index in [-0.39, 0.29) is 28.5 Å². The highest BCUT2D eigenvalue weighted by molar-refractivity contribution is 6.31. The van der Waals surface area contributed by atoms with Crippen molar-refractivity contribution >= 4 is 34.1 Å². The van der Waals surface area contributed by atoms with E-state index in [0.717, 1.165) is 12.1 Å². The van der Waals surface area contributed by atoms with Crippen molar-refractivity contribution in [2.75, 3.05) is 0 Å². The van der Waals surface area contributed by atoms with Crippen LogP contribution in [0.25, 0.3) is 10.9 Å². The number of non-ortho nitro benzene ring substituents is 1. The molecule has 1 heterocycles. The second-order valence-electron chi connectivity index (χ2n) is 5.70. The maximum atomic E-state index is 12.8. The first kappa shape index (κ1) is 18.7. The summed E-state index contributed by atoms with van der Waals surface area (Å²) in [6.07, 6.45) is -4.49. The maximum absolute atomic E-state index is 12.8. The summed E-state index contributed by atoms with van der Waals surface area (Å²) in [6, 6.07) is 8.36. The first-order valence-corrected chi connectivity index (χ1v) is 7.94. The van der Waals surface area contributed by atoms with Gasteiger partial charge < -0.3 is 10.3 Å². The van der Waals surface area contributed by atoms with Crippen LogP contribution in [0, 0.1) is 10.1 Å². The molecule has 6 nitrogen and oxygen atoms in total. The second-order valence-corrected chi connectivity index (χ2v) is 6.11. The Balaban J connectivity index is 1.79. The zero-order valence-electron chi connectivity index (χ0n) is 13.4. The van der Waals surface area contributed by atoms with Crippen LogP contribution >= 0.6 is 11.6 Å². The van der Waals surface area contributed by atoms with Gasteiger partial charge in [-0.05, 0) is 29.8 Å². The van der Waals surface area contributed by atoms with Gasteiger partial charge in [-0.25, -0.2) is 0 Å². The van der Waals surface area contributed by atoms with Crippen LogP contribution in [0.4, 0.5) is 18.9 Å². The zero-order valence-corrected chi connectivity index (χ0v) is 14.2. The summed E-state index contributed by atoms with van der Waals surface area (Å²) in [4.78, 5) is 25.1. The van der Waals surface area contributed by atoms with Crippen molar-refractivity contribution in [2.45, 2.75) is 12.7 Å². The number of fused-ring (bicyclic) bond motifs is 1. The van der Waals surface area contributed by atoms with Crippen molar-refractivity contribution in [2.24, 2.45) is 0 Å². The van der Waals surface area contributed by atoms with Gasteiger partial charge in [-0.2, -0.15) is 13.2 Å². The molecule has 1 aromatic heterocycles. The zero-order chi connectivity index (χ0) is 19.8. The van der Waals surface area contributed by atoms with E-state index in [0.29, 0.717) is 10.9 Å². The van der Waals surface area contributed by atoms with E-state index in [4.69, 9.17) is 11.6 Å². The van der Waals surface area contributed by atoms with Gasteiger partial charge in [0.1, 0.15) is 5.69 Å². The maximum Gasteiger partial charge on any atom is 0.416 e. The van der Waals surface area contributed by atoms with Gasteiger partial charge in [-0.3, -0.25) is 14.9 Å². The Hall–Kier alpha value is -3.07. The highest BCUT2D eigenvalue weighted by Gasteiger charge is 2.30. The lowest BCUT2D eigenvalue weighted by atomic mass is 10.1. The lowest BCUT2D eigenvalue weighted by Gasteiger charge is -2.06. The molecule has 2 aromatic carbocycles. The fourth-order valence-electron chi connectivity index (χ4n) is 2.51. The lowest BCUT2D eigenvalue weighted by molar-refractivity contribution is -0.384. The Bertz CT molecular complexity index is 1050. The Morgan fingerprint density at radius 1 is 1.19 bits per heavy atom. The van der Waals surface area contributed by atoms with Gasteiger partial charge in [0.25, 0.3) is 11.6 Å². The number of carbonyl (C=O) groups excluding carboxylic acids is 1. The third-order valence-electron chi connectivity index (χ3n) is 3.87. The molecule has 3 aromatic rings. The standard InChI is InChI=1S/C17H11ClF3N3O3/c18-13-4-3-12(24(26)27)5-10(13)8-22-16(25)15-6-9-1-2-11(17(19,20)21)7-14(9)23-15/h1-7,23H,8H2,(H,22,25). The Kier molecular flexibility index (Phi) is 4.79. The number of hydrogen-bond donors (Lipinski definition) is 2. The van der Waals surface area contributed by atoms with E-state index < -0.39 is 22.6 Å². The Labute approximate surface area is 155 Å². The van der Waals surface area contributed by atoms with Gasteiger partial charge >= 0.3 is 6.18 Å². The minimum Gasteiger partial charge on any atom is -0.351 e. The van der Waals surface area contributed by atoms with E-state index in [9.17, 15) is 28.1 Å². The average molecular weight is 398 g/mol. The molecule has 0 aliphatic heterocycles. The molecule has 0 unspecified atom stereocenters. The smallest absolute Gasteiger partial charge is 0.351 e. The topological polar surface area (TPSA) is 88.0 Å². The number of halogens is 4. The van der Waals surface area contributed by atoms with Crippen molar-refractivity contribution in [3.8, 4) is 0 Å². The summed E-state index contributed by atoms with van der Waals surface area (Å²) >= 11 is 5.97. The van der Waals surface area contributed by atoms with Gasteiger partial charge in [-0.15, -0.1) is 0 Å². The van der Waals surface area contributed by atoms with E-state index >= 15 is 0 Å². The Morgan fingerprint density at radius 2 is 1.93 bits per heavy atom. The van der Waals surface area contributed by atoms with Crippen LogP contribution < -0.4 is 5.32 Å². The van der Waals surface area contributed by atoms with Crippen molar-refractivity contribution < 1.29 is 22.9 Å². The number of nitrogens with zero attached hydrogens (tertiary/aromatic N) is 1. The predicted molar refractivity (Wildman–Crippen MR) is 92.6 cm³/mol. The summed E-state index contributed by atoms with van der Waals surface area (Å²) < 4.78 is 38.3. The molecule has 0 spiro atoms. The molecule has 0 aliphatic carbocycles. The van der Waals surface area contributed by atoms with E-state index in [1.54, 1.807) is 0 Å². The molecule has 27 heavy (non-hydrogen) atoms. The molecular formula is C17H11ClF3N3O3. The van der Waals surface area contributed by atoms with Crippen LogP contribution in [0.1, 0.15) is 21.6 Å². The van der Waals surface area contributed by atoms with Crippen LogP contribution in [-0.2, 0) is 12.7 Å². The number of nitro groups is 1. The summed E-state index contributed by atoms with van der Waals surface area (Å²) in [6.45, 7) is -0.0808. The molecule has 2 N–H and O–H groups in total. The summed E-state index contributed by atoms with van der Waals surface area (Å²) in [5, 5.41) is 14.0. The minimum atomic E-state index is -4.49. The molecule has 140 valence electrons. The average Bonchev–Trinajstić information content (AvgIpc) is 3.03. The number of carbonyl (C=O) groups is 1. The largest absolute Gasteiger partial charge is 0.416 e. The first-order valence-electron chi connectivity index (χ1n) is 7.56. The molecule has 0 aliphatic rings. The number of aromatic nitrogens is 1. The van der Waals surface area contributed by atoms with Crippen LogP contribution in [0.2, 0.25) is 5.02 Å². The number of hydrogen-bond acceptors (Lipinski definition) is 3. The van der Waals surface area contributed by atoms with Crippen molar-refractivity contribution in [3.63, 3.8) is 0 Å². The number of amides is 1. The van der Waals surface area contributed by atoms with Gasteiger partial charge in [-0.1, -0.05) is 17.7 Å². The molecule has 0 fully saturated rings. The molecule has 0 saturated heterocycles. The molecule has 0 saturated carbocycles. The summed E-state index contributed by atoms with van der Waals surface area (Å²) in [7, 11) is 0. The van der Waals surface area contributed by atoms with Crippen LogP contribution in [0.15, 0.2) is 42.5 Å². The van der Waals surface area contributed by atoms with Gasteiger partial charge in [0.2, 0.25) is 0 Å². The third-order valence-corrected chi connectivity index (χ3v) is 4.24. The van der Waals surface area contributed by atoms with Crippen molar-refractivity contribution in [1.29, 1.82) is 0 Å². The number of aromatic amines is 1. The van der Waals surface area contributed by atoms with E-state index in [1.165, 1.54) is 30.3 Å². The minimum absolute atomic E-state index is 0.0610. The number of nitro benzene ring substituents is 1. The van der Waals surface area contributed by atoms with E-state index in [2.05, 4.69) is 10.3 Å². The first-order chi connectivity index (χ1) is 12.6. The quantitative estimate of drug-likeness (QED) is 0.495. The number of nitrogens with one attached hydrogen (secondary N) is 2. The predicted octanol–water partition coefficient (Wildman–Crippen LogP) is 4.68. The fraction of sp³-hybridized carbons (Fsp3) is 0.118. The van der Waals surface area contributed by atoms with E-state index in [1.807, 2.05) is 0 Å². The van der Waals surface area contributed by atoms with Crippen LogP contribution in [0.3, 0.4) is 0 Å². The molecule has 10 heteroatoms. The Morgan fingerprint density at radius 3 is 2.59 bits per heavy atom. The van der Waals surface area contributed by atoms with Crippen molar-refractivity contribution in [1.82, 2.24) is 10.3 Å². The van der Waals surface area contributed by atoms with Crippen LogP contribution in [0.5, 0.6) is 0 Å². The lowest BCUT2D eigenvalue weighted by Crippen LogP contribution is -2.23. The van der Waals surface area contributed by atoms with Gasteiger partial charge in [0.05, 0.1) is 10.5 Å². The number of benzene rings is 2. The normalized spacial score (nSPS) is 11.6. The molecule has 3 rings (SSSR count). The monoisotopic (exact) mass is 397 g/mol. The van der Waals surface area contributed by atoms with Crippen LogP contribution in [-0.4, -0.2) is 15.8 Å². The molecule has 0 atom stereocenters. The fourth-order valence-corrected chi connectivity index (χ4v) is 2.69. The summed E-state index contributed by atoms with van der Waals surface area (Å²) in [5.74, 6) is -0.581. The SMILES string of the molecule is O=C(NCc1cc([N+](=O)[O-])ccc1Cl)c1cc2ccc(C(F)(F)F)cc2[nH]1. The molecule has 0 radical (unpaired) electrons. The highest BCUT2D eigenvalue weighted by atomic mass is 35.5. The van der Waals surface area contributed by atoms with Crippen molar-refractivity contribution in [3.05, 3.63) is 74.4 Å². The molecular weight excluding hydrogens is 387 g/mol. The molecule has 1 amide bonds.